The van der Waals surface area contributed by atoms with Gasteiger partial charge in [0, 0.05) is 12.1 Å². The summed E-state index contributed by atoms with van der Waals surface area (Å²) in [5.74, 6) is 0. The van der Waals surface area contributed by atoms with Crippen LogP contribution in [-0.4, -0.2) is 17.3 Å². The van der Waals surface area contributed by atoms with Gasteiger partial charge in [-0.2, -0.15) is 5.26 Å². The van der Waals surface area contributed by atoms with Gasteiger partial charge in [-0.25, -0.2) is 0 Å². The van der Waals surface area contributed by atoms with Crippen molar-refractivity contribution in [3.05, 3.63) is 35.9 Å². The molecule has 1 aromatic carbocycles. The molecule has 0 heterocycles. The second-order valence-electron chi connectivity index (χ2n) is 4.31. The third kappa shape index (κ3) is 2.60. The van der Waals surface area contributed by atoms with E-state index in [1.54, 1.807) is 0 Å². The number of nitrogens with one attached hydrogen (secondary N) is 1. The maximum absolute atomic E-state index is 9.23. The van der Waals surface area contributed by atoms with Crippen LogP contribution in [0.2, 0.25) is 0 Å². The van der Waals surface area contributed by atoms with Crippen molar-refractivity contribution in [2.24, 2.45) is 0 Å². The highest BCUT2D eigenvalue weighted by Crippen LogP contribution is 2.25. The number of nitriles is 1. The number of aliphatic hydroxyl groups excluding tert-OH is 1. The SMILES string of the molecule is N#CCC(NC1CC(O)C1)c1ccccc1. The molecule has 3 nitrogen and oxygen atoms in total. The Kier molecular flexibility index (Phi) is 3.55. The fraction of sp³-hybridized carbons (Fsp3) is 0.462. The van der Waals surface area contributed by atoms with Crippen LogP contribution in [0.5, 0.6) is 0 Å². The standard InChI is InChI=1S/C13H16N2O/c14-7-6-13(10-4-2-1-3-5-10)15-11-8-12(16)9-11/h1-5,11-13,15-16H,6,8-9H2. The van der Waals surface area contributed by atoms with Crippen LogP contribution >= 0.6 is 0 Å². The highest BCUT2D eigenvalue weighted by molar-refractivity contribution is 5.20. The van der Waals surface area contributed by atoms with Crippen LogP contribution in [0.3, 0.4) is 0 Å². The van der Waals surface area contributed by atoms with Crippen molar-refractivity contribution in [2.45, 2.75) is 37.5 Å². The molecule has 16 heavy (non-hydrogen) atoms. The largest absolute Gasteiger partial charge is 0.393 e. The molecule has 0 amide bonds. The molecule has 84 valence electrons. The van der Waals surface area contributed by atoms with Gasteiger partial charge in [-0.15, -0.1) is 0 Å². The second-order valence-corrected chi connectivity index (χ2v) is 4.31. The Hall–Kier alpha value is -1.37. The fourth-order valence-electron chi connectivity index (χ4n) is 2.06. The molecular weight excluding hydrogens is 200 g/mol. The monoisotopic (exact) mass is 216 g/mol. The van der Waals surface area contributed by atoms with Crippen molar-refractivity contribution < 1.29 is 5.11 Å². The summed E-state index contributed by atoms with van der Waals surface area (Å²) >= 11 is 0. The van der Waals surface area contributed by atoms with Gasteiger partial charge in [0.1, 0.15) is 0 Å². The summed E-state index contributed by atoms with van der Waals surface area (Å²) in [6.07, 6.45) is 1.91. The van der Waals surface area contributed by atoms with Crippen molar-refractivity contribution in [3.63, 3.8) is 0 Å². The number of benzene rings is 1. The van der Waals surface area contributed by atoms with Gasteiger partial charge in [0.05, 0.1) is 18.6 Å². The van der Waals surface area contributed by atoms with Gasteiger partial charge in [-0.05, 0) is 18.4 Å². The van der Waals surface area contributed by atoms with Crippen LogP contribution in [-0.2, 0) is 0 Å². The fourth-order valence-corrected chi connectivity index (χ4v) is 2.06. The van der Waals surface area contributed by atoms with Crippen molar-refractivity contribution in [3.8, 4) is 6.07 Å². The summed E-state index contributed by atoms with van der Waals surface area (Å²) in [6, 6.07) is 12.7. The minimum absolute atomic E-state index is 0.0868. The van der Waals surface area contributed by atoms with Crippen molar-refractivity contribution >= 4 is 0 Å². The molecule has 1 aromatic rings. The van der Waals surface area contributed by atoms with E-state index in [0.717, 1.165) is 18.4 Å². The number of rotatable bonds is 4. The Balaban J connectivity index is 1.98. The lowest BCUT2D eigenvalue weighted by atomic mass is 9.88. The Bertz CT molecular complexity index is 365. The molecular formula is C13H16N2O. The van der Waals surface area contributed by atoms with Gasteiger partial charge in [0.15, 0.2) is 0 Å². The van der Waals surface area contributed by atoms with Crippen molar-refractivity contribution in [1.82, 2.24) is 5.32 Å². The van der Waals surface area contributed by atoms with E-state index in [0.29, 0.717) is 12.5 Å². The van der Waals surface area contributed by atoms with E-state index in [9.17, 15) is 5.11 Å². The molecule has 0 aromatic heterocycles. The average molecular weight is 216 g/mol. The Morgan fingerprint density at radius 1 is 1.38 bits per heavy atom. The topological polar surface area (TPSA) is 56.0 Å². The smallest absolute Gasteiger partial charge is 0.0641 e. The summed E-state index contributed by atoms with van der Waals surface area (Å²) in [7, 11) is 0. The molecule has 2 N–H and O–H groups in total. The molecule has 1 unspecified atom stereocenters. The predicted octanol–water partition coefficient (Wildman–Crippen LogP) is 1.75. The van der Waals surface area contributed by atoms with E-state index < -0.39 is 0 Å². The first-order chi connectivity index (χ1) is 7.79. The summed E-state index contributed by atoms with van der Waals surface area (Å²) in [5.41, 5.74) is 1.14. The second kappa shape index (κ2) is 5.11. The molecule has 3 heteroatoms. The van der Waals surface area contributed by atoms with Gasteiger partial charge in [0.2, 0.25) is 0 Å². The van der Waals surface area contributed by atoms with Gasteiger partial charge in [0.25, 0.3) is 0 Å². The lowest BCUT2D eigenvalue weighted by molar-refractivity contribution is 0.0578. The number of hydrogen-bond acceptors (Lipinski definition) is 3. The Morgan fingerprint density at radius 3 is 2.62 bits per heavy atom. The van der Waals surface area contributed by atoms with E-state index in [2.05, 4.69) is 11.4 Å². The molecule has 1 saturated carbocycles. The first-order valence-electron chi connectivity index (χ1n) is 5.65. The van der Waals surface area contributed by atoms with E-state index in [1.165, 1.54) is 0 Å². The molecule has 0 spiro atoms. The van der Waals surface area contributed by atoms with Gasteiger partial charge >= 0.3 is 0 Å². The first kappa shape index (κ1) is 11.1. The molecule has 2 rings (SSSR count). The maximum Gasteiger partial charge on any atom is 0.0641 e. The van der Waals surface area contributed by atoms with Crippen LogP contribution in [0.15, 0.2) is 30.3 Å². The molecule has 1 aliphatic rings. The zero-order valence-corrected chi connectivity index (χ0v) is 9.13. The third-order valence-electron chi connectivity index (χ3n) is 3.05. The van der Waals surface area contributed by atoms with Crippen LogP contribution < -0.4 is 5.32 Å². The van der Waals surface area contributed by atoms with E-state index in [-0.39, 0.29) is 12.1 Å². The Morgan fingerprint density at radius 2 is 2.06 bits per heavy atom. The Labute approximate surface area is 95.7 Å². The molecule has 0 saturated heterocycles. The summed E-state index contributed by atoms with van der Waals surface area (Å²) < 4.78 is 0. The molecule has 0 aliphatic heterocycles. The molecule has 0 radical (unpaired) electrons. The van der Waals surface area contributed by atoms with Gasteiger partial charge < -0.3 is 10.4 Å². The highest BCUT2D eigenvalue weighted by atomic mass is 16.3. The van der Waals surface area contributed by atoms with Crippen LogP contribution in [0, 0.1) is 11.3 Å². The quantitative estimate of drug-likeness (QED) is 0.806. The predicted molar refractivity (Wildman–Crippen MR) is 61.6 cm³/mol. The molecule has 0 bridgehead atoms. The zero-order chi connectivity index (χ0) is 11.4. The zero-order valence-electron chi connectivity index (χ0n) is 9.13. The number of nitrogens with zero attached hydrogens (tertiary/aromatic N) is 1. The van der Waals surface area contributed by atoms with Crippen molar-refractivity contribution in [2.75, 3.05) is 0 Å². The first-order valence-corrected chi connectivity index (χ1v) is 5.65. The third-order valence-corrected chi connectivity index (χ3v) is 3.05. The number of hydrogen-bond donors (Lipinski definition) is 2. The van der Waals surface area contributed by atoms with Crippen LogP contribution in [0.4, 0.5) is 0 Å². The maximum atomic E-state index is 9.23. The van der Waals surface area contributed by atoms with Gasteiger partial charge in [-0.1, -0.05) is 30.3 Å². The normalized spacial score (nSPS) is 25.5. The molecule has 1 fully saturated rings. The highest BCUT2D eigenvalue weighted by Gasteiger charge is 2.29. The number of aliphatic hydroxyl groups is 1. The van der Waals surface area contributed by atoms with Crippen LogP contribution in [0.1, 0.15) is 30.9 Å². The summed E-state index contributed by atoms with van der Waals surface area (Å²) in [4.78, 5) is 0. The summed E-state index contributed by atoms with van der Waals surface area (Å²) in [5, 5.41) is 21.5. The summed E-state index contributed by atoms with van der Waals surface area (Å²) in [6.45, 7) is 0. The van der Waals surface area contributed by atoms with Gasteiger partial charge in [-0.3, -0.25) is 0 Å². The average Bonchev–Trinajstić information content (AvgIpc) is 2.27. The lowest BCUT2D eigenvalue weighted by Gasteiger charge is -2.35. The van der Waals surface area contributed by atoms with E-state index in [1.807, 2.05) is 30.3 Å². The minimum atomic E-state index is -0.156. The van der Waals surface area contributed by atoms with E-state index in [4.69, 9.17) is 5.26 Å². The molecule has 1 atom stereocenters. The lowest BCUT2D eigenvalue weighted by Crippen LogP contribution is -2.45. The van der Waals surface area contributed by atoms with Crippen molar-refractivity contribution in [1.29, 1.82) is 5.26 Å². The van der Waals surface area contributed by atoms with Crippen LogP contribution in [0.25, 0.3) is 0 Å². The molecule has 1 aliphatic carbocycles. The minimum Gasteiger partial charge on any atom is -0.393 e. The van der Waals surface area contributed by atoms with E-state index >= 15 is 0 Å².